The maximum absolute atomic E-state index is 12.0. The Bertz CT molecular complexity index is 647. The van der Waals surface area contributed by atoms with Gasteiger partial charge in [0.05, 0.1) is 0 Å². The van der Waals surface area contributed by atoms with E-state index >= 15 is 0 Å². The number of hydrogen-bond acceptors (Lipinski definition) is 5. The Labute approximate surface area is 287 Å². The van der Waals surface area contributed by atoms with Crippen LogP contribution in [0.5, 0.6) is 0 Å². The third kappa shape index (κ3) is 37.4. The van der Waals surface area contributed by atoms with Gasteiger partial charge in [0.15, 0.2) is 0 Å². The van der Waals surface area contributed by atoms with Crippen molar-refractivity contribution in [2.75, 3.05) is 13.2 Å². The van der Waals surface area contributed by atoms with Crippen molar-refractivity contribution >= 4 is 11.9 Å². The van der Waals surface area contributed by atoms with Gasteiger partial charge >= 0.3 is 11.9 Å². The molecule has 46 heavy (non-hydrogen) atoms. The molecule has 274 valence electrons. The first-order valence-electron chi connectivity index (χ1n) is 20.3. The van der Waals surface area contributed by atoms with Crippen molar-refractivity contribution in [1.29, 1.82) is 0 Å². The molecule has 0 saturated carbocycles. The van der Waals surface area contributed by atoms with Crippen molar-refractivity contribution < 1.29 is 24.2 Å². The summed E-state index contributed by atoms with van der Waals surface area (Å²) < 4.78 is 10.3. The fourth-order valence-electron chi connectivity index (χ4n) is 6.10. The van der Waals surface area contributed by atoms with Crippen molar-refractivity contribution in [3.8, 4) is 0 Å². The second kappa shape index (κ2) is 35.2. The van der Waals surface area contributed by atoms with Crippen LogP contribution < -0.4 is 0 Å². The molecule has 0 rings (SSSR count). The van der Waals surface area contributed by atoms with E-state index in [-0.39, 0.29) is 25.2 Å². The quantitative estimate of drug-likeness (QED) is 0.0538. The highest BCUT2D eigenvalue weighted by atomic mass is 16.6. The fourth-order valence-corrected chi connectivity index (χ4v) is 6.10. The normalized spacial score (nSPS) is 12.2. The molecule has 1 atom stereocenters. The van der Waals surface area contributed by atoms with Crippen molar-refractivity contribution in [3.05, 3.63) is 0 Å². The van der Waals surface area contributed by atoms with Crippen molar-refractivity contribution in [1.82, 2.24) is 0 Å². The van der Waals surface area contributed by atoms with E-state index in [1.807, 2.05) is 0 Å². The average Bonchev–Trinajstić information content (AvgIpc) is 3.02. The molecular weight excluding hydrogens is 572 g/mol. The minimum absolute atomic E-state index is 0.109. The fraction of sp³-hybridized carbons (Fsp3) is 0.951. The number of unbranched alkanes of at least 4 members (excludes halogenated alkanes) is 24. The van der Waals surface area contributed by atoms with Crippen LogP contribution in [0.2, 0.25) is 0 Å². The summed E-state index contributed by atoms with van der Waals surface area (Å²) in [5, 5.41) is 10.0. The number of ether oxygens (including phenoxy) is 2. The number of aliphatic hydroxyl groups is 1. The third-order valence-electron chi connectivity index (χ3n) is 9.20. The zero-order valence-electron chi connectivity index (χ0n) is 31.4. The summed E-state index contributed by atoms with van der Waals surface area (Å²) in [7, 11) is 0. The molecule has 1 N–H and O–H groups in total. The zero-order chi connectivity index (χ0) is 33.9. The van der Waals surface area contributed by atoms with Crippen LogP contribution in [0.25, 0.3) is 0 Å². The van der Waals surface area contributed by atoms with E-state index in [9.17, 15) is 14.7 Å². The molecule has 0 fully saturated rings. The van der Waals surface area contributed by atoms with Crippen LogP contribution in [-0.2, 0) is 19.1 Å². The molecule has 0 aliphatic heterocycles. The number of carbonyl (C=O) groups is 2. The van der Waals surface area contributed by atoms with E-state index < -0.39 is 6.10 Å². The Hall–Kier alpha value is -1.10. The Kier molecular flexibility index (Phi) is 34.4. The molecule has 0 aliphatic carbocycles. The molecular formula is C41H80O5. The largest absolute Gasteiger partial charge is 0.463 e. The first-order chi connectivity index (χ1) is 22.3. The molecule has 0 saturated heterocycles. The summed E-state index contributed by atoms with van der Waals surface area (Å²) in [6, 6.07) is 0. The first kappa shape index (κ1) is 44.9. The molecule has 0 bridgehead atoms. The minimum atomic E-state index is -0.956. The minimum Gasteiger partial charge on any atom is -0.463 e. The monoisotopic (exact) mass is 653 g/mol. The number of hydrogen-bond donors (Lipinski definition) is 1. The van der Waals surface area contributed by atoms with Gasteiger partial charge in [-0.2, -0.15) is 0 Å². The topological polar surface area (TPSA) is 72.8 Å². The van der Waals surface area contributed by atoms with Gasteiger partial charge in [0, 0.05) is 12.8 Å². The van der Waals surface area contributed by atoms with Gasteiger partial charge in [-0.05, 0) is 24.7 Å². The Balaban J connectivity index is 3.38. The Morgan fingerprint density at radius 2 is 0.609 bits per heavy atom. The Morgan fingerprint density at radius 1 is 0.391 bits per heavy atom. The number of rotatable bonds is 36. The summed E-state index contributed by atoms with van der Waals surface area (Å²) in [5.41, 5.74) is 0. The molecule has 0 aromatic carbocycles. The summed E-state index contributed by atoms with van der Waals surface area (Å²) in [6.45, 7) is 9.03. The van der Waals surface area contributed by atoms with Gasteiger partial charge in [-0.3, -0.25) is 9.59 Å². The van der Waals surface area contributed by atoms with Crippen LogP contribution >= 0.6 is 0 Å². The van der Waals surface area contributed by atoms with Crippen molar-refractivity contribution in [2.24, 2.45) is 11.8 Å². The third-order valence-corrected chi connectivity index (χ3v) is 9.20. The predicted molar refractivity (Wildman–Crippen MR) is 196 cm³/mol. The van der Waals surface area contributed by atoms with Crippen LogP contribution in [0.3, 0.4) is 0 Å². The molecule has 0 heterocycles. The highest BCUT2D eigenvalue weighted by molar-refractivity contribution is 5.69. The smallest absolute Gasteiger partial charge is 0.305 e. The van der Waals surface area contributed by atoms with E-state index in [2.05, 4.69) is 27.7 Å². The number of carbonyl (C=O) groups excluding carboxylic acids is 2. The van der Waals surface area contributed by atoms with Crippen LogP contribution in [0, 0.1) is 11.8 Å². The lowest BCUT2D eigenvalue weighted by molar-refractivity contribution is -0.152. The van der Waals surface area contributed by atoms with Gasteiger partial charge in [-0.1, -0.05) is 195 Å². The van der Waals surface area contributed by atoms with E-state index in [0.29, 0.717) is 12.8 Å². The van der Waals surface area contributed by atoms with Gasteiger partial charge in [-0.25, -0.2) is 0 Å². The molecule has 0 unspecified atom stereocenters. The van der Waals surface area contributed by atoms with Crippen LogP contribution in [0.4, 0.5) is 0 Å². The second-order valence-electron chi connectivity index (χ2n) is 15.1. The lowest BCUT2D eigenvalue weighted by Gasteiger charge is -2.12. The van der Waals surface area contributed by atoms with Crippen molar-refractivity contribution in [3.63, 3.8) is 0 Å². The summed E-state index contributed by atoms with van der Waals surface area (Å²) in [4.78, 5) is 23.9. The van der Waals surface area contributed by atoms with Gasteiger partial charge in [0.25, 0.3) is 0 Å². The van der Waals surface area contributed by atoms with E-state index in [1.54, 1.807) is 0 Å². The SMILES string of the molecule is CC(C)CCCCCCCCCCCCCCCCC(=O)OC[C@@H](O)COC(=O)CCCCCCCCCCCCCCC(C)C. The lowest BCUT2D eigenvalue weighted by Crippen LogP contribution is -2.25. The van der Waals surface area contributed by atoms with Gasteiger partial charge in [0.2, 0.25) is 0 Å². The predicted octanol–water partition coefficient (Wildman–Crippen LogP) is 12.4. The van der Waals surface area contributed by atoms with E-state index in [1.165, 1.54) is 154 Å². The maximum atomic E-state index is 12.0. The molecule has 5 nitrogen and oxygen atoms in total. The standard InChI is InChI=1S/C41H80O5/c1-37(2)31-27-23-19-15-11-7-5-6-8-13-17-21-25-29-33-40(43)45-35-39(42)36-46-41(44)34-30-26-22-18-14-10-9-12-16-20-24-28-32-38(3)4/h37-39,42H,5-36H2,1-4H3/t39-/m1/s1. The van der Waals surface area contributed by atoms with Crippen LogP contribution in [0.15, 0.2) is 0 Å². The molecule has 5 heteroatoms. The summed E-state index contributed by atoms with van der Waals surface area (Å²) in [5.74, 6) is 1.14. The van der Waals surface area contributed by atoms with E-state index in [4.69, 9.17) is 9.47 Å². The van der Waals surface area contributed by atoms with Crippen molar-refractivity contribution in [2.45, 2.75) is 226 Å². The number of esters is 2. The second-order valence-corrected chi connectivity index (χ2v) is 15.1. The molecule has 0 aliphatic rings. The first-order valence-corrected chi connectivity index (χ1v) is 20.3. The molecule has 0 aromatic rings. The molecule has 0 amide bonds. The molecule has 0 spiro atoms. The van der Waals surface area contributed by atoms with Gasteiger partial charge in [-0.15, -0.1) is 0 Å². The summed E-state index contributed by atoms with van der Waals surface area (Å²) >= 11 is 0. The number of aliphatic hydroxyl groups excluding tert-OH is 1. The average molecular weight is 653 g/mol. The van der Waals surface area contributed by atoms with Gasteiger partial charge < -0.3 is 14.6 Å². The molecule has 0 radical (unpaired) electrons. The van der Waals surface area contributed by atoms with Crippen LogP contribution in [0.1, 0.15) is 220 Å². The highest BCUT2D eigenvalue weighted by Gasteiger charge is 2.12. The van der Waals surface area contributed by atoms with Gasteiger partial charge in [0.1, 0.15) is 19.3 Å². The highest BCUT2D eigenvalue weighted by Crippen LogP contribution is 2.16. The molecule has 0 aromatic heterocycles. The van der Waals surface area contributed by atoms with Crippen LogP contribution in [-0.4, -0.2) is 36.4 Å². The summed E-state index contributed by atoms with van der Waals surface area (Å²) in [6.07, 6.45) is 35.9. The zero-order valence-corrected chi connectivity index (χ0v) is 31.4. The maximum Gasteiger partial charge on any atom is 0.305 e. The van der Waals surface area contributed by atoms with E-state index in [0.717, 1.165) is 37.5 Å². The lowest BCUT2D eigenvalue weighted by atomic mass is 10.0. The Morgan fingerprint density at radius 3 is 0.848 bits per heavy atom.